The van der Waals surface area contributed by atoms with Crippen molar-refractivity contribution < 1.29 is 28.6 Å². The van der Waals surface area contributed by atoms with Gasteiger partial charge >= 0.3 is 0 Å². The number of phenolic OH excluding ortho intramolecular Hbond substituents is 1. The highest BCUT2D eigenvalue weighted by Gasteiger charge is 2.24. The van der Waals surface area contributed by atoms with Crippen LogP contribution < -0.4 is 10.6 Å². The minimum atomic E-state index is -1.13. The smallest absolute Gasteiger partial charge is 0.253 e. The van der Waals surface area contributed by atoms with Gasteiger partial charge < -0.3 is 25.7 Å². The van der Waals surface area contributed by atoms with Crippen LogP contribution in [0.2, 0.25) is 0 Å². The normalized spacial score (nSPS) is 12.5. The van der Waals surface area contributed by atoms with E-state index in [-0.39, 0.29) is 35.7 Å². The number of aryl methyl sites for hydroxylation is 1. The van der Waals surface area contributed by atoms with E-state index in [1.165, 1.54) is 6.07 Å². The number of nitrogens with zero attached hydrogens (tertiary/aromatic N) is 1. The SMILES string of the molecule is CCCN(CCC)C(=O)c1cc(C)cc(C(=O)N[C@@H](Cc2cc(F)cc(F)c2)[C@H](O)CNCc2cccc(O)c2)c1. The number of aliphatic hydroxyl groups excluding tert-OH is 1. The zero-order valence-electron chi connectivity index (χ0n) is 23.8. The van der Waals surface area contributed by atoms with Gasteiger partial charge in [-0.05, 0) is 85.3 Å². The fourth-order valence-corrected chi connectivity index (χ4v) is 4.77. The molecule has 0 heterocycles. The second-order valence-electron chi connectivity index (χ2n) is 10.3. The first-order chi connectivity index (χ1) is 19.6. The summed E-state index contributed by atoms with van der Waals surface area (Å²) >= 11 is 0. The standard InChI is InChI=1S/C32H39F2N3O4/c1-4-9-37(10-5-2)32(41)25-12-21(3)11-24(17-25)31(40)36-29(16-23-13-26(33)18-27(34)14-23)30(39)20-35-19-22-7-6-8-28(38)15-22/h6-8,11-15,17-18,29-30,35,38-39H,4-5,9-10,16,19-20H2,1-3H3,(H,36,40)/t29-,30+/m0/s1. The lowest BCUT2D eigenvalue weighted by atomic mass is 9.99. The number of rotatable bonds is 14. The Labute approximate surface area is 240 Å². The number of amides is 2. The summed E-state index contributed by atoms with van der Waals surface area (Å²) in [5.74, 6) is -2.07. The predicted octanol–water partition coefficient (Wildman–Crippen LogP) is 4.73. The van der Waals surface area contributed by atoms with Crippen LogP contribution in [-0.2, 0) is 13.0 Å². The molecule has 0 aliphatic carbocycles. The molecular formula is C32H39F2N3O4. The van der Waals surface area contributed by atoms with Crippen LogP contribution >= 0.6 is 0 Å². The summed E-state index contributed by atoms with van der Waals surface area (Å²) in [6, 6.07) is 13.8. The fourth-order valence-electron chi connectivity index (χ4n) is 4.77. The molecule has 0 aromatic heterocycles. The predicted molar refractivity (Wildman–Crippen MR) is 155 cm³/mol. The molecule has 0 radical (unpaired) electrons. The Bertz CT molecular complexity index is 1310. The average Bonchev–Trinajstić information content (AvgIpc) is 2.91. The van der Waals surface area contributed by atoms with Crippen molar-refractivity contribution in [3.05, 3.63) is 100 Å². The second kappa shape index (κ2) is 15.3. The largest absolute Gasteiger partial charge is 0.508 e. The first-order valence-corrected chi connectivity index (χ1v) is 13.9. The number of halogens is 2. The molecule has 0 bridgehead atoms. The number of nitrogens with one attached hydrogen (secondary N) is 2. The van der Waals surface area contributed by atoms with E-state index in [1.807, 2.05) is 19.9 Å². The van der Waals surface area contributed by atoms with E-state index in [4.69, 9.17) is 0 Å². The van der Waals surface area contributed by atoms with Gasteiger partial charge in [-0.25, -0.2) is 8.78 Å². The summed E-state index contributed by atoms with van der Waals surface area (Å²) < 4.78 is 27.8. The van der Waals surface area contributed by atoms with Crippen molar-refractivity contribution in [2.45, 2.75) is 58.7 Å². The van der Waals surface area contributed by atoms with Crippen LogP contribution in [0.25, 0.3) is 0 Å². The van der Waals surface area contributed by atoms with Crippen molar-refractivity contribution in [1.29, 1.82) is 0 Å². The molecule has 220 valence electrons. The Morgan fingerprint density at radius 2 is 1.56 bits per heavy atom. The molecule has 0 aliphatic rings. The van der Waals surface area contributed by atoms with Gasteiger partial charge in [0, 0.05) is 43.4 Å². The van der Waals surface area contributed by atoms with Crippen LogP contribution in [0.15, 0.2) is 60.7 Å². The molecule has 3 aromatic rings. The Morgan fingerprint density at radius 1 is 0.902 bits per heavy atom. The summed E-state index contributed by atoms with van der Waals surface area (Å²) in [7, 11) is 0. The molecule has 0 fully saturated rings. The van der Waals surface area contributed by atoms with E-state index >= 15 is 0 Å². The molecule has 4 N–H and O–H groups in total. The first kappa shape index (κ1) is 31.7. The minimum Gasteiger partial charge on any atom is -0.508 e. The highest BCUT2D eigenvalue weighted by molar-refractivity contribution is 6.00. The topological polar surface area (TPSA) is 102 Å². The van der Waals surface area contributed by atoms with Gasteiger partial charge in [0.1, 0.15) is 17.4 Å². The van der Waals surface area contributed by atoms with E-state index < -0.39 is 29.7 Å². The zero-order chi connectivity index (χ0) is 29.9. The Balaban J connectivity index is 1.81. The lowest BCUT2D eigenvalue weighted by molar-refractivity contribution is 0.0755. The average molecular weight is 568 g/mol. The maximum absolute atomic E-state index is 13.9. The maximum Gasteiger partial charge on any atom is 0.253 e. The summed E-state index contributed by atoms with van der Waals surface area (Å²) in [5, 5.41) is 26.6. The highest BCUT2D eigenvalue weighted by atomic mass is 19.1. The van der Waals surface area contributed by atoms with Gasteiger partial charge in [0.2, 0.25) is 0 Å². The van der Waals surface area contributed by atoms with E-state index in [0.29, 0.717) is 25.2 Å². The van der Waals surface area contributed by atoms with Gasteiger partial charge in [-0.15, -0.1) is 0 Å². The molecule has 0 spiro atoms. The molecule has 2 atom stereocenters. The molecule has 9 heteroatoms. The number of aromatic hydroxyl groups is 1. The number of phenols is 1. The van der Waals surface area contributed by atoms with Crippen molar-refractivity contribution in [3.8, 4) is 5.75 Å². The summed E-state index contributed by atoms with van der Waals surface area (Å²) in [4.78, 5) is 28.4. The van der Waals surface area contributed by atoms with Crippen LogP contribution in [0, 0.1) is 18.6 Å². The van der Waals surface area contributed by atoms with Crippen LogP contribution in [0.1, 0.15) is 64.1 Å². The van der Waals surface area contributed by atoms with E-state index in [2.05, 4.69) is 10.6 Å². The molecule has 0 saturated heterocycles. The first-order valence-electron chi connectivity index (χ1n) is 13.9. The number of carbonyl (C=O) groups is 2. The molecular weight excluding hydrogens is 528 g/mol. The van der Waals surface area contributed by atoms with E-state index in [0.717, 1.165) is 42.2 Å². The summed E-state index contributed by atoms with van der Waals surface area (Å²) in [6.45, 7) is 7.41. The highest BCUT2D eigenvalue weighted by Crippen LogP contribution is 2.16. The number of hydrogen-bond acceptors (Lipinski definition) is 5. The van der Waals surface area contributed by atoms with Gasteiger partial charge in [-0.2, -0.15) is 0 Å². The lowest BCUT2D eigenvalue weighted by Gasteiger charge is -2.25. The zero-order valence-corrected chi connectivity index (χ0v) is 23.8. The Morgan fingerprint density at radius 3 is 2.20 bits per heavy atom. The van der Waals surface area contributed by atoms with Crippen molar-refractivity contribution in [1.82, 2.24) is 15.5 Å². The summed E-state index contributed by atoms with van der Waals surface area (Å²) in [6.07, 6.45) is 0.460. The summed E-state index contributed by atoms with van der Waals surface area (Å²) in [5.41, 5.74) is 2.44. The molecule has 3 rings (SSSR count). The van der Waals surface area contributed by atoms with Gasteiger partial charge in [0.05, 0.1) is 12.1 Å². The minimum absolute atomic E-state index is 0.0340. The van der Waals surface area contributed by atoms with Crippen molar-refractivity contribution in [3.63, 3.8) is 0 Å². The van der Waals surface area contributed by atoms with Crippen LogP contribution in [0.3, 0.4) is 0 Å². The molecule has 3 aromatic carbocycles. The monoisotopic (exact) mass is 567 g/mol. The maximum atomic E-state index is 13.9. The van der Waals surface area contributed by atoms with Crippen molar-refractivity contribution in [2.24, 2.45) is 0 Å². The van der Waals surface area contributed by atoms with Crippen molar-refractivity contribution >= 4 is 11.8 Å². The fraction of sp³-hybridized carbons (Fsp3) is 0.375. The van der Waals surface area contributed by atoms with Crippen LogP contribution in [-0.4, -0.2) is 58.7 Å². The molecule has 0 saturated carbocycles. The third kappa shape index (κ3) is 9.65. The number of carbonyl (C=O) groups excluding carboxylic acids is 2. The number of aliphatic hydroxyl groups is 1. The third-order valence-corrected chi connectivity index (χ3v) is 6.61. The molecule has 41 heavy (non-hydrogen) atoms. The van der Waals surface area contributed by atoms with Gasteiger partial charge in [-0.3, -0.25) is 9.59 Å². The van der Waals surface area contributed by atoms with Crippen LogP contribution in [0.4, 0.5) is 8.78 Å². The third-order valence-electron chi connectivity index (χ3n) is 6.61. The number of benzene rings is 3. The van der Waals surface area contributed by atoms with E-state index in [9.17, 15) is 28.6 Å². The van der Waals surface area contributed by atoms with Crippen molar-refractivity contribution in [2.75, 3.05) is 19.6 Å². The Kier molecular flexibility index (Phi) is 11.8. The molecule has 7 nitrogen and oxygen atoms in total. The second-order valence-corrected chi connectivity index (χ2v) is 10.3. The van der Waals surface area contributed by atoms with Crippen LogP contribution in [0.5, 0.6) is 5.75 Å². The van der Waals surface area contributed by atoms with E-state index in [1.54, 1.807) is 42.2 Å². The number of hydrogen-bond donors (Lipinski definition) is 4. The van der Waals surface area contributed by atoms with Gasteiger partial charge in [0.15, 0.2) is 0 Å². The molecule has 0 aliphatic heterocycles. The molecule has 0 unspecified atom stereocenters. The quantitative estimate of drug-likeness (QED) is 0.226. The Hall–Kier alpha value is -3.82. The molecule has 2 amide bonds. The lowest BCUT2D eigenvalue weighted by Crippen LogP contribution is -2.48. The van der Waals surface area contributed by atoms with Gasteiger partial charge in [-0.1, -0.05) is 26.0 Å². The van der Waals surface area contributed by atoms with Gasteiger partial charge in [0.25, 0.3) is 11.8 Å².